The lowest BCUT2D eigenvalue weighted by molar-refractivity contribution is 0.429. The molecule has 0 unspecified atom stereocenters. The summed E-state index contributed by atoms with van der Waals surface area (Å²) in [5.74, 6) is 0.0146. The molecule has 2 aromatic heterocycles. The Bertz CT molecular complexity index is 1330. The molecular weight excluding hydrogens is 365 g/mol. The van der Waals surface area contributed by atoms with Crippen LogP contribution in [0.4, 0.5) is 4.39 Å². The van der Waals surface area contributed by atoms with E-state index in [4.69, 9.17) is 4.74 Å². The number of benzene rings is 3. The van der Waals surface area contributed by atoms with Crippen molar-refractivity contribution >= 4 is 21.7 Å². The maximum absolute atomic E-state index is 14.9. The number of aromatic nitrogens is 3. The van der Waals surface area contributed by atoms with Crippen LogP contribution in [0.5, 0.6) is 11.6 Å². The molecule has 0 saturated carbocycles. The first-order chi connectivity index (χ1) is 14.2. The molecule has 0 fully saturated rings. The highest BCUT2D eigenvalue weighted by Gasteiger charge is 2.15. The van der Waals surface area contributed by atoms with Gasteiger partial charge >= 0.3 is 0 Å². The molecule has 0 aliphatic carbocycles. The maximum atomic E-state index is 14.9. The van der Waals surface area contributed by atoms with E-state index in [1.54, 1.807) is 18.2 Å². The number of aromatic amines is 1. The number of halogens is 1. The molecule has 3 aromatic carbocycles. The molecule has 5 aromatic rings. The second kappa shape index (κ2) is 7.02. The van der Waals surface area contributed by atoms with Crippen LogP contribution >= 0.6 is 0 Å². The number of aryl methyl sites for hydroxylation is 1. The first kappa shape index (κ1) is 17.4. The van der Waals surface area contributed by atoms with Crippen LogP contribution in [0.2, 0.25) is 0 Å². The highest BCUT2D eigenvalue weighted by molar-refractivity contribution is 5.89. The third-order valence-corrected chi connectivity index (χ3v) is 4.99. The van der Waals surface area contributed by atoms with Crippen LogP contribution in [0.25, 0.3) is 21.7 Å². The Labute approximate surface area is 167 Å². The van der Waals surface area contributed by atoms with Crippen LogP contribution < -0.4 is 4.74 Å². The summed E-state index contributed by atoms with van der Waals surface area (Å²) in [6.07, 6.45) is 0.664. The van der Waals surface area contributed by atoms with Crippen LogP contribution in [-0.2, 0) is 6.42 Å². The zero-order valence-electron chi connectivity index (χ0n) is 15.8. The van der Waals surface area contributed by atoms with Gasteiger partial charge in [0.1, 0.15) is 0 Å². The normalized spacial score (nSPS) is 11.2. The molecule has 0 amide bonds. The molecule has 5 heteroatoms. The number of H-pyrrole nitrogens is 1. The van der Waals surface area contributed by atoms with Crippen LogP contribution in [0.1, 0.15) is 17.0 Å². The van der Waals surface area contributed by atoms with Crippen molar-refractivity contribution in [3.8, 4) is 11.6 Å². The number of rotatable bonds is 4. The summed E-state index contributed by atoms with van der Waals surface area (Å²) in [6.45, 7) is 1.89. The van der Waals surface area contributed by atoms with Crippen molar-refractivity contribution in [2.75, 3.05) is 0 Å². The van der Waals surface area contributed by atoms with E-state index >= 15 is 0 Å². The van der Waals surface area contributed by atoms with E-state index in [2.05, 4.69) is 27.3 Å². The molecule has 0 radical (unpaired) electrons. The maximum Gasteiger partial charge on any atom is 0.246 e. The third kappa shape index (κ3) is 3.21. The lowest BCUT2D eigenvalue weighted by Crippen LogP contribution is -2.00. The Balaban J connectivity index is 1.56. The van der Waals surface area contributed by atoms with E-state index in [9.17, 15) is 4.39 Å². The topological polar surface area (TPSA) is 50.8 Å². The van der Waals surface area contributed by atoms with Gasteiger partial charge in [0.25, 0.3) is 0 Å². The molecular formula is C24H18FN3O. The standard InChI is InChI=1S/C24H18FN3O/c1-15-13-19-20(26-15)11-12-22(23(19)25)29-24-18-10-6-5-9-17(18)21(27-28-24)14-16-7-3-2-4-8-16/h2-13,26H,14H2,1H3. The molecule has 4 nitrogen and oxygen atoms in total. The molecule has 2 heterocycles. The first-order valence-electron chi connectivity index (χ1n) is 9.43. The van der Waals surface area contributed by atoms with Gasteiger partial charge in [0, 0.05) is 33.8 Å². The molecule has 1 N–H and O–H groups in total. The second-order valence-electron chi connectivity index (χ2n) is 7.05. The van der Waals surface area contributed by atoms with E-state index in [1.807, 2.05) is 49.4 Å². The smallest absolute Gasteiger partial charge is 0.246 e. The van der Waals surface area contributed by atoms with Crippen molar-refractivity contribution in [3.05, 3.63) is 95.6 Å². The molecule has 0 atom stereocenters. The van der Waals surface area contributed by atoms with Crippen molar-refractivity contribution in [1.29, 1.82) is 0 Å². The number of nitrogens with one attached hydrogen (secondary N) is 1. The van der Waals surface area contributed by atoms with E-state index in [-0.39, 0.29) is 5.75 Å². The fourth-order valence-corrected chi connectivity index (χ4v) is 3.60. The van der Waals surface area contributed by atoms with Gasteiger partial charge in [-0.15, -0.1) is 5.10 Å². The molecule has 0 aliphatic rings. The summed E-state index contributed by atoms with van der Waals surface area (Å²) in [7, 11) is 0. The number of ether oxygens (including phenoxy) is 1. The number of hydrogen-bond acceptors (Lipinski definition) is 3. The minimum atomic E-state index is -0.411. The summed E-state index contributed by atoms with van der Waals surface area (Å²) in [6, 6.07) is 23.1. The highest BCUT2D eigenvalue weighted by atomic mass is 19.1. The van der Waals surface area contributed by atoms with Gasteiger partial charge in [0.15, 0.2) is 11.6 Å². The lowest BCUT2D eigenvalue weighted by Gasteiger charge is -2.11. The number of fused-ring (bicyclic) bond motifs is 2. The molecule has 29 heavy (non-hydrogen) atoms. The van der Waals surface area contributed by atoms with Crippen LogP contribution in [0.15, 0.2) is 72.8 Å². The predicted molar refractivity (Wildman–Crippen MR) is 112 cm³/mol. The number of hydrogen-bond donors (Lipinski definition) is 1. The van der Waals surface area contributed by atoms with Gasteiger partial charge < -0.3 is 9.72 Å². The molecule has 0 spiro atoms. The van der Waals surface area contributed by atoms with Crippen LogP contribution in [0, 0.1) is 12.7 Å². The monoisotopic (exact) mass is 383 g/mol. The molecule has 142 valence electrons. The molecule has 0 aliphatic heterocycles. The second-order valence-corrected chi connectivity index (χ2v) is 7.05. The Morgan fingerprint density at radius 3 is 2.45 bits per heavy atom. The van der Waals surface area contributed by atoms with E-state index < -0.39 is 5.82 Å². The summed E-state index contributed by atoms with van der Waals surface area (Å²) in [4.78, 5) is 3.13. The van der Waals surface area contributed by atoms with Crippen molar-refractivity contribution in [2.24, 2.45) is 0 Å². The summed E-state index contributed by atoms with van der Waals surface area (Å²) < 4.78 is 20.8. The van der Waals surface area contributed by atoms with Crippen molar-refractivity contribution in [3.63, 3.8) is 0 Å². The first-order valence-corrected chi connectivity index (χ1v) is 9.43. The van der Waals surface area contributed by atoms with Gasteiger partial charge in [0.05, 0.1) is 5.69 Å². The average molecular weight is 383 g/mol. The Kier molecular flexibility index (Phi) is 4.21. The van der Waals surface area contributed by atoms with Crippen molar-refractivity contribution < 1.29 is 9.13 Å². The van der Waals surface area contributed by atoms with Gasteiger partial charge in [-0.2, -0.15) is 5.10 Å². The van der Waals surface area contributed by atoms with E-state index in [0.29, 0.717) is 17.7 Å². The largest absolute Gasteiger partial charge is 0.434 e. The SMILES string of the molecule is Cc1cc2c(F)c(Oc3nnc(Cc4ccccc4)c4ccccc34)ccc2[nH]1. The minimum absolute atomic E-state index is 0.131. The zero-order valence-corrected chi connectivity index (χ0v) is 15.8. The fourth-order valence-electron chi connectivity index (χ4n) is 3.60. The molecule has 0 bridgehead atoms. The summed E-state index contributed by atoms with van der Waals surface area (Å²) >= 11 is 0. The third-order valence-electron chi connectivity index (χ3n) is 4.99. The quantitative estimate of drug-likeness (QED) is 0.418. The Hall–Kier alpha value is -3.73. The van der Waals surface area contributed by atoms with Crippen LogP contribution in [-0.4, -0.2) is 15.2 Å². The average Bonchev–Trinajstić information content (AvgIpc) is 3.14. The molecule has 0 saturated heterocycles. The predicted octanol–water partition coefficient (Wildman–Crippen LogP) is 5.94. The van der Waals surface area contributed by atoms with Gasteiger partial charge in [-0.1, -0.05) is 48.5 Å². The van der Waals surface area contributed by atoms with E-state index in [1.165, 1.54) is 0 Å². The van der Waals surface area contributed by atoms with Crippen molar-refractivity contribution in [2.45, 2.75) is 13.3 Å². The summed E-state index contributed by atoms with van der Waals surface area (Å²) in [5.41, 5.74) is 3.64. The Morgan fingerprint density at radius 1 is 0.862 bits per heavy atom. The lowest BCUT2D eigenvalue weighted by atomic mass is 10.0. The van der Waals surface area contributed by atoms with Crippen LogP contribution in [0.3, 0.4) is 0 Å². The highest BCUT2D eigenvalue weighted by Crippen LogP contribution is 2.33. The van der Waals surface area contributed by atoms with Gasteiger partial charge in [0.2, 0.25) is 5.88 Å². The summed E-state index contributed by atoms with van der Waals surface area (Å²) in [5, 5.41) is 10.9. The minimum Gasteiger partial charge on any atom is -0.434 e. The van der Waals surface area contributed by atoms with Gasteiger partial charge in [-0.25, -0.2) is 4.39 Å². The van der Waals surface area contributed by atoms with Gasteiger partial charge in [-0.3, -0.25) is 0 Å². The zero-order chi connectivity index (χ0) is 19.8. The molecule has 5 rings (SSSR count). The van der Waals surface area contributed by atoms with Crippen molar-refractivity contribution in [1.82, 2.24) is 15.2 Å². The van der Waals surface area contributed by atoms with Gasteiger partial charge in [-0.05, 0) is 36.8 Å². The Morgan fingerprint density at radius 2 is 1.62 bits per heavy atom. The number of nitrogens with zero attached hydrogens (tertiary/aromatic N) is 2. The fraction of sp³-hybridized carbons (Fsp3) is 0.0833. The van der Waals surface area contributed by atoms with E-state index in [0.717, 1.165) is 33.2 Å².